The van der Waals surface area contributed by atoms with Crippen LogP contribution in [0.4, 0.5) is 0 Å². The van der Waals surface area contributed by atoms with Gasteiger partial charge in [0.2, 0.25) is 0 Å². The fraction of sp³-hybridized carbons (Fsp3) is 0.667. The lowest BCUT2D eigenvalue weighted by molar-refractivity contribution is 0.0817. The number of nitrogens with one attached hydrogen (secondary N) is 1. The third-order valence-electron chi connectivity index (χ3n) is 3.51. The second kappa shape index (κ2) is 5.31. The Balaban J connectivity index is 2.88. The van der Waals surface area contributed by atoms with Crippen LogP contribution in [0.3, 0.4) is 0 Å². The van der Waals surface area contributed by atoms with Gasteiger partial charge >= 0.3 is 0 Å². The average Bonchev–Trinajstić information content (AvgIpc) is 2.67. The monoisotopic (exact) mass is 239 g/mol. The quantitative estimate of drug-likeness (QED) is 0.806. The van der Waals surface area contributed by atoms with Crippen LogP contribution in [0.5, 0.6) is 0 Å². The van der Waals surface area contributed by atoms with Crippen molar-refractivity contribution in [3.8, 4) is 0 Å². The third-order valence-corrected chi connectivity index (χ3v) is 3.51. The number of hydrogen-bond acceptors (Lipinski definition) is 3. The fourth-order valence-corrected chi connectivity index (χ4v) is 1.72. The van der Waals surface area contributed by atoms with E-state index in [4.69, 9.17) is 0 Å². The van der Waals surface area contributed by atoms with E-state index in [1.54, 1.807) is 17.9 Å². The topological polar surface area (TPSA) is 67.2 Å². The highest BCUT2D eigenvalue weighted by Crippen LogP contribution is 2.16. The van der Waals surface area contributed by atoms with Gasteiger partial charge in [0.25, 0.3) is 5.91 Å². The van der Waals surface area contributed by atoms with E-state index in [1.807, 2.05) is 20.8 Å². The van der Waals surface area contributed by atoms with Gasteiger partial charge in [0, 0.05) is 12.7 Å². The van der Waals surface area contributed by atoms with Crippen LogP contribution in [0, 0.1) is 6.92 Å². The Morgan fingerprint density at radius 1 is 1.53 bits per heavy atom. The zero-order valence-corrected chi connectivity index (χ0v) is 10.9. The molecular weight excluding hydrogens is 218 g/mol. The molecule has 0 aliphatic heterocycles. The van der Waals surface area contributed by atoms with Gasteiger partial charge in [-0.1, -0.05) is 13.8 Å². The molecule has 0 aromatic carbocycles. The number of hydrogen-bond donors (Lipinski definition) is 2. The van der Waals surface area contributed by atoms with E-state index in [0.717, 1.165) is 5.69 Å². The predicted molar refractivity (Wildman–Crippen MR) is 65.8 cm³/mol. The van der Waals surface area contributed by atoms with E-state index in [0.29, 0.717) is 18.4 Å². The molecule has 1 aromatic heterocycles. The molecule has 0 atom stereocenters. The van der Waals surface area contributed by atoms with Gasteiger partial charge in [0.1, 0.15) is 0 Å². The highest BCUT2D eigenvalue weighted by atomic mass is 16.3. The first-order valence-corrected chi connectivity index (χ1v) is 5.91. The summed E-state index contributed by atoms with van der Waals surface area (Å²) in [5, 5.41) is 16.4. The van der Waals surface area contributed by atoms with Crippen molar-refractivity contribution in [2.75, 3.05) is 6.61 Å². The summed E-state index contributed by atoms with van der Waals surface area (Å²) < 4.78 is 1.66. The van der Waals surface area contributed by atoms with Crippen molar-refractivity contribution in [2.45, 2.75) is 39.2 Å². The molecule has 1 rings (SSSR count). The summed E-state index contributed by atoms with van der Waals surface area (Å²) in [6.45, 7) is 5.71. The number of aliphatic hydroxyl groups excluding tert-OH is 1. The average molecular weight is 239 g/mol. The van der Waals surface area contributed by atoms with Crippen LogP contribution in [0.2, 0.25) is 0 Å². The number of nitrogens with zero attached hydrogens (tertiary/aromatic N) is 2. The van der Waals surface area contributed by atoms with Crippen LogP contribution < -0.4 is 5.32 Å². The van der Waals surface area contributed by atoms with Crippen molar-refractivity contribution < 1.29 is 9.90 Å². The predicted octanol–water partition coefficient (Wildman–Crippen LogP) is 1.01. The maximum Gasteiger partial charge on any atom is 0.255 e. The largest absolute Gasteiger partial charge is 0.394 e. The minimum absolute atomic E-state index is 0.0505. The van der Waals surface area contributed by atoms with Crippen LogP contribution in [0.15, 0.2) is 6.20 Å². The highest BCUT2D eigenvalue weighted by Gasteiger charge is 2.28. The Bertz CT molecular complexity index is 386. The molecule has 5 nitrogen and oxygen atoms in total. The van der Waals surface area contributed by atoms with E-state index < -0.39 is 5.54 Å². The minimum Gasteiger partial charge on any atom is -0.394 e. The van der Waals surface area contributed by atoms with E-state index in [9.17, 15) is 9.90 Å². The number of aliphatic hydroxyl groups is 1. The normalized spacial score (nSPS) is 11.6. The number of carbonyl (C=O) groups excluding carboxylic acids is 1. The molecular formula is C12H21N3O2. The van der Waals surface area contributed by atoms with Crippen LogP contribution in [0.25, 0.3) is 0 Å². The van der Waals surface area contributed by atoms with Crippen molar-refractivity contribution in [1.29, 1.82) is 0 Å². The molecule has 0 spiro atoms. The van der Waals surface area contributed by atoms with E-state index >= 15 is 0 Å². The molecule has 0 saturated heterocycles. The van der Waals surface area contributed by atoms with Gasteiger partial charge in [-0.3, -0.25) is 9.48 Å². The minimum atomic E-state index is -0.528. The first-order chi connectivity index (χ1) is 7.99. The van der Waals surface area contributed by atoms with E-state index in [1.165, 1.54) is 0 Å². The molecule has 0 unspecified atom stereocenters. The van der Waals surface area contributed by atoms with Gasteiger partial charge < -0.3 is 10.4 Å². The molecule has 1 aromatic rings. The lowest BCUT2D eigenvalue weighted by Crippen LogP contribution is -2.50. The van der Waals surface area contributed by atoms with Gasteiger partial charge in [-0.15, -0.1) is 0 Å². The lowest BCUT2D eigenvalue weighted by Gasteiger charge is -2.30. The zero-order chi connectivity index (χ0) is 13.1. The van der Waals surface area contributed by atoms with Crippen molar-refractivity contribution in [2.24, 2.45) is 7.05 Å². The summed E-state index contributed by atoms with van der Waals surface area (Å²) in [7, 11) is 1.80. The molecule has 0 fully saturated rings. The molecule has 0 radical (unpaired) electrons. The maximum atomic E-state index is 12.1. The molecule has 96 valence electrons. The number of aromatic nitrogens is 2. The van der Waals surface area contributed by atoms with Gasteiger partial charge in [-0.2, -0.15) is 5.10 Å². The molecule has 0 aliphatic rings. The number of carbonyl (C=O) groups is 1. The lowest BCUT2D eigenvalue weighted by atomic mass is 9.93. The Labute approximate surface area is 102 Å². The Morgan fingerprint density at radius 2 is 2.12 bits per heavy atom. The molecule has 1 amide bonds. The van der Waals surface area contributed by atoms with Crippen LogP contribution in [-0.4, -0.2) is 32.9 Å². The highest BCUT2D eigenvalue weighted by molar-refractivity contribution is 5.95. The standard InChI is InChI=1S/C12H21N3O2/c1-5-12(6-2,8-16)14-11(17)10-7-13-15(4)9(10)3/h7,16H,5-6,8H2,1-4H3,(H,14,17). The Hall–Kier alpha value is -1.36. The molecule has 0 saturated carbocycles. The second-order valence-corrected chi connectivity index (χ2v) is 4.37. The van der Waals surface area contributed by atoms with E-state index in [2.05, 4.69) is 10.4 Å². The van der Waals surface area contributed by atoms with E-state index in [-0.39, 0.29) is 12.5 Å². The molecule has 5 heteroatoms. The molecule has 2 N–H and O–H groups in total. The number of amides is 1. The SMILES string of the molecule is CCC(CC)(CO)NC(=O)c1cnn(C)c1C. The molecule has 0 aliphatic carbocycles. The molecule has 1 heterocycles. The van der Waals surface area contributed by atoms with Crippen molar-refractivity contribution in [3.63, 3.8) is 0 Å². The van der Waals surface area contributed by atoms with Crippen LogP contribution >= 0.6 is 0 Å². The first kappa shape index (κ1) is 13.7. The van der Waals surface area contributed by atoms with Crippen molar-refractivity contribution in [1.82, 2.24) is 15.1 Å². The summed E-state index contributed by atoms with van der Waals surface area (Å²) in [6.07, 6.45) is 2.95. The molecule has 17 heavy (non-hydrogen) atoms. The van der Waals surface area contributed by atoms with Crippen molar-refractivity contribution in [3.05, 3.63) is 17.5 Å². The Morgan fingerprint density at radius 3 is 2.47 bits per heavy atom. The Kier molecular flexibility index (Phi) is 4.28. The summed E-state index contributed by atoms with van der Waals surface area (Å²) in [5.41, 5.74) is 0.855. The summed E-state index contributed by atoms with van der Waals surface area (Å²) in [5.74, 6) is -0.173. The van der Waals surface area contributed by atoms with Gasteiger partial charge in [0.05, 0.1) is 23.9 Å². The maximum absolute atomic E-state index is 12.1. The van der Waals surface area contributed by atoms with Crippen LogP contribution in [-0.2, 0) is 7.05 Å². The van der Waals surface area contributed by atoms with Gasteiger partial charge in [0.15, 0.2) is 0 Å². The summed E-state index contributed by atoms with van der Waals surface area (Å²) >= 11 is 0. The second-order valence-electron chi connectivity index (χ2n) is 4.37. The molecule has 0 bridgehead atoms. The fourth-order valence-electron chi connectivity index (χ4n) is 1.72. The van der Waals surface area contributed by atoms with Gasteiger partial charge in [-0.05, 0) is 19.8 Å². The third kappa shape index (κ3) is 2.66. The van der Waals surface area contributed by atoms with Gasteiger partial charge in [-0.25, -0.2) is 0 Å². The zero-order valence-electron chi connectivity index (χ0n) is 10.9. The number of aryl methyl sites for hydroxylation is 1. The first-order valence-electron chi connectivity index (χ1n) is 5.91. The number of rotatable bonds is 5. The summed E-state index contributed by atoms with van der Waals surface area (Å²) in [6, 6.07) is 0. The smallest absolute Gasteiger partial charge is 0.255 e. The van der Waals surface area contributed by atoms with Crippen molar-refractivity contribution >= 4 is 5.91 Å². The van der Waals surface area contributed by atoms with Crippen LogP contribution in [0.1, 0.15) is 42.7 Å². The summed E-state index contributed by atoms with van der Waals surface area (Å²) in [4.78, 5) is 12.1.